The van der Waals surface area contributed by atoms with Gasteiger partial charge in [0.25, 0.3) is 0 Å². The Labute approximate surface area is 149 Å². The number of hydrogen-bond donors (Lipinski definition) is 2. The predicted octanol–water partition coefficient (Wildman–Crippen LogP) is 4.21. The van der Waals surface area contributed by atoms with Crippen LogP contribution in [0.4, 0.5) is 4.79 Å². The van der Waals surface area contributed by atoms with Gasteiger partial charge in [-0.1, -0.05) is 56.9 Å². The van der Waals surface area contributed by atoms with Crippen molar-refractivity contribution in [1.29, 1.82) is 0 Å². The van der Waals surface area contributed by atoms with Crippen molar-refractivity contribution in [3.8, 4) is 11.8 Å². The first-order valence-corrected chi connectivity index (χ1v) is 8.18. The van der Waals surface area contributed by atoms with Gasteiger partial charge in [0.2, 0.25) is 0 Å². The van der Waals surface area contributed by atoms with Gasteiger partial charge in [-0.3, -0.25) is 5.21 Å². The largest absolute Gasteiger partial charge is 0.350 e. The Bertz CT molecular complexity index is 808. The summed E-state index contributed by atoms with van der Waals surface area (Å²) in [5.74, 6) is 6.26. The van der Waals surface area contributed by atoms with Crippen LogP contribution in [-0.2, 0) is 5.41 Å². The van der Waals surface area contributed by atoms with Crippen LogP contribution in [0.15, 0.2) is 48.5 Å². The maximum absolute atomic E-state index is 11.1. The molecule has 0 bridgehead atoms. The molecule has 0 spiro atoms. The molecule has 0 aliphatic carbocycles. The number of rotatable bonds is 2. The second kappa shape index (κ2) is 7.42. The molecule has 0 aromatic heterocycles. The maximum atomic E-state index is 11.1. The summed E-state index contributed by atoms with van der Waals surface area (Å²) in [6.07, 6.45) is 0. The number of nitrogens with two attached hydrogens (primary N) is 1. The van der Waals surface area contributed by atoms with Crippen LogP contribution in [0.2, 0.25) is 0 Å². The number of urea groups is 1. The van der Waals surface area contributed by atoms with Gasteiger partial charge in [-0.2, -0.15) is 5.06 Å². The Morgan fingerprint density at radius 3 is 2.24 bits per heavy atom. The predicted molar refractivity (Wildman–Crippen MR) is 99.2 cm³/mol. The van der Waals surface area contributed by atoms with Crippen molar-refractivity contribution in [1.82, 2.24) is 5.06 Å². The lowest BCUT2D eigenvalue weighted by Crippen LogP contribution is -2.34. The summed E-state index contributed by atoms with van der Waals surface area (Å²) < 4.78 is 0. The Morgan fingerprint density at radius 1 is 1.08 bits per heavy atom. The summed E-state index contributed by atoms with van der Waals surface area (Å²) in [7, 11) is 0. The number of carbonyl (C=O) groups is 1. The normalized spacial score (nSPS) is 12.0. The van der Waals surface area contributed by atoms with E-state index in [1.165, 1.54) is 5.56 Å². The molecule has 4 nitrogen and oxygen atoms in total. The highest BCUT2D eigenvalue weighted by Crippen LogP contribution is 2.22. The van der Waals surface area contributed by atoms with Crippen LogP contribution >= 0.6 is 0 Å². The lowest BCUT2D eigenvalue weighted by Gasteiger charge is -2.20. The van der Waals surface area contributed by atoms with E-state index in [0.29, 0.717) is 5.06 Å². The van der Waals surface area contributed by atoms with E-state index in [2.05, 4.69) is 44.7 Å². The van der Waals surface area contributed by atoms with E-state index in [-0.39, 0.29) is 5.41 Å². The molecule has 2 aromatic carbocycles. The Morgan fingerprint density at radius 2 is 1.68 bits per heavy atom. The van der Waals surface area contributed by atoms with Crippen molar-refractivity contribution < 1.29 is 10.0 Å². The average molecular weight is 336 g/mol. The fourth-order valence-electron chi connectivity index (χ4n) is 2.41. The van der Waals surface area contributed by atoms with E-state index in [1.54, 1.807) is 6.92 Å². The minimum Gasteiger partial charge on any atom is -0.350 e. The van der Waals surface area contributed by atoms with Gasteiger partial charge in [0, 0.05) is 11.1 Å². The monoisotopic (exact) mass is 336 g/mol. The minimum atomic E-state index is -0.886. The van der Waals surface area contributed by atoms with Crippen molar-refractivity contribution in [3.05, 3.63) is 70.8 Å². The van der Waals surface area contributed by atoms with Crippen LogP contribution in [-0.4, -0.2) is 16.3 Å². The Balaban J connectivity index is 2.21. The molecule has 0 aliphatic rings. The van der Waals surface area contributed by atoms with Gasteiger partial charge in [0.15, 0.2) is 0 Å². The molecule has 0 saturated heterocycles. The highest BCUT2D eigenvalue weighted by atomic mass is 16.5. The number of benzene rings is 2. The van der Waals surface area contributed by atoms with E-state index in [4.69, 9.17) is 5.73 Å². The smallest absolute Gasteiger partial charge is 0.339 e. The lowest BCUT2D eigenvalue weighted by molar-refractivity contribution is -0.0710. The molecule has 130 valence electrons. The number of amides is 2. The molecule has 1 atom stereocenters. The van der Waals surface area contributed by atoms with Crippen LogP contribution in [0.5, 0.6) is 0 Å². The van der Waals surface area contributed by atoms with Gasteiger partial charge in [-0.05, 0) is 47.7 Å². The zero-order valence-electron chi connectivity index (χ0n) is 15.1. The van der Waals surface area contributed by atoms with Crippen LogP contribution in [0.25, 0.3) is 0 Å². The van der Waals surface area contributed by atoms with Crippen molar-refractivity contribution in [3.63, 3.8) is 0 Å². The second-order valence-corrected chi connectivity index (χ2v) is 7.06. The van der Waals surface area contributed by atoms with Gasteiger partial charge < -0.3 is 5.73 Å². The van der Waals surface area contributed by atoms with Crippen LogP contribution in [0, 0.1) is 11.8 Å². The summed E-state index contributed by atoms with van der Waals surface area (Å²) in [5.41, 5.74) is 8.99. The van der Waals surface area contributed by atoms with Crippen LogP contribution in [0.1, 0.15) is 56.0 Å². The number of hydrogen-bond acceptors (Lipinski definition) is 2. The Hall–Kier alpha value is -2.77. The summed E-state index contributed by atoms with van der Waals surface area (Å²) in [6, 6.07) is 14.2. The minimum absolute atomic E-state index is 0.118. The molecule has 0 saturated carbocycles. The van der Waals surface area contributed by atoms with E-state index >= 15 is 0 Å². The van der Waals surface area contributed by atoms with Gasteiger partial charge in [-0.25, -0.2) is 4.79 Å². The molecule has 2 rings (SSSR count). The van der Waals surface area contributed by atoms with Crippen molar-refractivity contribution >= 4 is 6.03 Å². The van der Waals surface area contributed by atoms with E-state index < -0.39 is 12.1 Å². The van der Waals surface area contributed by atoms with E-state index in [9.17, 15) is 10.0 Å². The molecule has 1 unspecified atom stereocenters. The lowest BCUT2D eigenvalue weighted by atomic mass is 9.87. The average Bonchev–Trinajstić information content (AvgIpc) is 2.58. The summed E-state index contributed by atoms with van der Waals surface area (Å²) in [5, 5.41) is 10.2. The third-order valence-corrected chi connectivity index (χ3v) is 4.06. The summed E-state index contributed by atoms with van der Waals surface area (Å²) in [6.45, 7) is 8.23. The van der Waals surface area contributed by atoms with Crippen molar-refractivity contribution in [2.45, 2.75) is 39.2 Å². The third kappa shape index (κ3) is 4.85. The first-order valence-electron chi connectivity index (χ1n) is 8.18. The van der Waals surface area contributed by atoms with Gasteiger partial charge >= 0.3 is 6.03 Å². The molecule has 4 heteroatoms. The maximum Gasteiger partial charge on any atom is 0.339 e. The number of carbonyl (C=O) groups excluding carboxylic acids is 1. The topological polar surface area (TPSA) is 66.6 Å². The fourth-order valence-corrected chi connectivity index (χ4v) is 2.41. The van der Waals surface area contributed by atoms with Crippen molar-refractivity contribution in [2.75, 3.05) is 0 Å². The zero-order valence-corrected chi connectivity index (χ0v) is 15.1. The molecule has 0 fully saturated rings. The molecule has 0 heterocycles. The van der Waals surface area contributed by atoms with Crippen LogP contribution < -0.4 is 5.73 Å². The van der Waals surface area contributed by atoms with Crippen LogP contribution in [0.3, 0.4) is 0 Å². The number of hydroxylamine groups is 2. The highest BCUT2D eigenvalue weighted by molar-refractivity contribution is 5.71. The second-order valence-electron chi connectivity index (χ2n) is 7.06. The molecular weight excluding hydrogens is 312 g/mol. The van der Waals surface area contributed by atoms with Gasteiger partial charge in [0.1, 0.15) is 0 Å². The standard InChI is InChI=1S/C21H24N2O2/c1-15(23(25)20(22)24)18-7-5-6-17(14-18)9-8-16-10-12-19(13-11-16)21(2,3)4/h5-7,10-15,25H,1-4H3,(H2,22,24). The molecule has 25 heavy (non-hydrogen) atoms. The highest BCUT2D eigenvalue weighted by Gasteiger charge is 2.17. The first-order chi connectivity index (χ1) is 11.7. The number of nitrogens with zero attached hydrogens (tertiary/aromatic N) is 1. The zero-order chi connectivity index (χ0) is 18.6. The quantitative estimate of drug-likeness (QED) is 0.490. The molecule has 3 N–H and O–H groups in total. The molecule has 0 radical (unpaired) electrons. The van der Waals surface area contributed by atoms with Crippen molar-refractivity contribution in [2.24, 2.45) is 5.73 Å². The van der Waals surface area contributed by atoms with Gasteiger partial charge in [-0.15, -0.1) is 0 Å². The Kier molecular flexibility index (Phi) is 5.51. The third-order valence-electron chi connectivity index (χ3n) is 4.06. The molecule has 0 aliphatic heterocycles. The summed E-state index contributed by atoms with van der Waals surface area (Å²) in [4.78, 5) is 11.1. The number of primary amides is 1. The molecule has 2 amide bonds. The molecular formula is C21H24N2O2. The molecule has 2 aromatic rings. The fraction of sp³-hybridized carbons (Fsp3) is 0.286. The van der Waals surface area contributed by atoms with E-state index in [1.807, 2.05) is 36.4 Å². The van der Waals surface area contributed by atoms with E-state index in [0.717, 1.165) is 16.7 Å². The summed E-state index contributed by atoms with van der Waals surface area (Å²) >= 11 is 0. The van der Waals surface area contributed by atoms with Gasteiger partial charge in [0.05, 0.1) is 6.04 Å². The SMILES string of the molecule is CC(c1cccc(C#Cc2ccc(C(C)(C)C)cc2)c1)N(O)C(N)=O. The first kappa shape index (κ1) is 18.6.